The van der Waals surface area contributed by atoms with E-state index < -0.39 is 0 Å². The molecule has 4 rings (SSSR count). The second-order valence-corrected chi connectivity index (χ2v) is 7.97. The molecule has 0 aliphatic carbocycles. The van der Waals surface area contributed by atoms with E-state index in [0.717, 1.165) is 62.8 Å². The number of piperidine rings is 1. The average molecular weight is 443 g/mol. The van der Waals surface area contributed by atoms with Gasteiger partial charge in [-0.3, -0.25) is 9.69 Å². The van der Waals surface area contributed by atoms with Crippen molar-refractivity contribution >= 4 is 42.1 Å². The standard InChI is InChI=1S/C20H26N4OS.2ClH/c25-20(18-8-4-5-9-21-18)24-12-10-23(11-13-24)14-17-15-26-19(22-17)16-6-2-1-3-7-16;;/h1-3,6-7,15,18,21H,4-5,8-14H2;2*1H/t18-;;/m1../s1. The van der Waals surface area contributed by atoms with E-state index in [-0.39, 0.29) is 30.9 Å². The number of hydrogen-bond donors (Lipinski definition) is 1. The topological polar surface area (TPSA) is 48.5 Å². The molecule has 5 nitrogen and oxygen atoms in total. The Morgan fingerprint density at radius 1 is 1.11 bits per heavy atom. The molecular weight excluding hydrogens is 415 g/mol. The van der Waals surface area contributed by atoms with Crippen LogP contribution in [0.5, 0.6) is 0 Å². The molecule has 1 aromatic heterocycles. The van der Waals surface area contributed by atoms with Crippen molar-refractivity contribution in [1.82, 2.24) is 20.1 Å². The quantitative estimate of drug-likeness (QED) is 0.787. The third-order valence-corrected chi connectivity index (χ3v) is 6.19. The van der Waals surface area contributed by atoms with Gasteiger partial charge in [-0.25, -0.2) is 4.98 Å². The number of benzene rings is 1. The number of aromatic nitrogens is 1. The predicted octanol–water partition coefficient (Wildman–Crippen LogP) is 3.44. The number of rotatable bonds is 4. The maximum absolute atomic E-state index is 12.6. The zero-order chi connectivity index (χ0) is 17.8. The average Bonchev–Trinajstić information content (AvgIpc) is 3.18. The van der Waals surface area contributed by atoms with Gasteiger partial charge in [-0.1, -0.05) is 36.8 Å². The second kappa shape index (κ2) is 11.1. The number of carbonyl (C=O) groups excluding carboxylic acids is 1. The molecule has 2 fully saturated rings. The van der Waals surface area contributed by atoms with E-state index in [2.05, 4.69) is 27.7 Å². The molecule has 1 amide bonds. The molecule has 28 heavy (non-hydrogen) atoms. The maximum atomic E-state index is 12.6. The third-order valence-electron chi connectivity index (χ3n) is 5.25. The van der Waals surface area contributed by atoms with Crippen LogP contribution < -0.4 is 5.32 Å². The molecule has 1 aromatic carbocycles. The van der Waals surface area contributed by atoms with Gasteiger partial charge in [0.2, 0.25) is 5.91 Å². The van der Waals surface area contributed by atoms with Crippen LogP contribution in [0.15, 0.2) is 35.7 Å². The van der Waals surface area contributed by atoms with Gasteiger partial charge in [-0.15, -0.1) is 36.2 Å². The molecule has 2 aromatic rings. The van der Waals surface area contributed by atoms with Crippen LogP contribution in [-0.4, -0.2) is 59.5 Å². The number of thiazole rings is 1. The van der Waals surface area contributed by atoms with Crippen LogP contribution in [0.25, 0.3) is 10.6 Å². The highest BCUT2D eigenvalue weighted by atomic mass is 35.5. The summed E-state index contributed by atoms with van der Waals surface area (Å²) in [5.74, 6) is 0.296. The number of hydrogen-bond acceptors (Lipinski definition) is 5. The number of nitrogens with one attached hydrogen (secondary N) is 1. The van der Waals surface area contributed by atoms with Gasteiger partial charge in [0.1, 0.15) is 5.01 Å². The number of amides is 1. The smallest absolute Gasteiger partial charge is 0.239 e. The Morgan fingerprint density at radius 2 is 1.86 bits per heavy atom. The Bertz CT molecular complexity index is 729. The number of nitrogens with zero attached hydrogens (tertiary/aromatic N) is 3. The van der Waals surface area contributed by atoms with Crippen LogP contribution in [0.1, 0.15) is 25.0 Å². The Labute approximate surface area is 183 Å². The highest BCUT2D eigenvalue weighted by Crippen LogP contribution is 2.24. The lowest BCUT2D eigenvalue weighted by molar-refractivity contribution is -0.135. The van der Waals surface area contributed by atoms with Crippen LogP contribution in [0, 0.1) is 0 Å². The molecule has 0 radical (unpaired) electrons. The Kier molecular flexibility index (Phi) is 9.18. The van der Waals surface area contributed by atoms with Gasteiger partial charge in [0.05, 0.1) is 11.7 Å². The molecule has 1 atom stereocenters. The highest BCUT2D eigenvalue weighted by molar-refractivity contribution is 7.13. The molecule has 3 heterocycles. The van der Waals surface area contributed by atoms with Gasteiger partial charge in [0.15, 0.2) is 0 Å². The summed E-state index contributed by atoms with van der Waals surface area (Å²) in [6.07, 6.45) is 3.34. The molecule has 0 spiro atoms. The fourth-order valence-corrected chi connectivity index (χ4v) is 4.55. The summed E-state index contributed by atoms with van der Waals surface area (Å²) in [6, 6.07) is 10.4. The fourth-order valence-electron chi connectivity index (χ4n) is 3.73. The first-order valence-electron chi connectivity index (χ1n) is 9.54. The fraction of sp³-hybridized carbons (Fsp3) is 0.500. The van der Waals surface area contributed by atoms with Gasteiger partial charge in [0, 0.05) is 43.7 Å². The first-order chi connectivity index (χ1) is 12.8. The summed E-state index contributed by atoms with van der Waals surface area (Å²) in [5, 5.41) is 6.61. The molecule has 2 saturated heterocycles. The van der Waals surface area contributed by atoms with Gasteiger partial charge < -0.3 is 10.2 Å². The van der Waals surface area contributed by atoms with Crippen molar-refractivity contribution in [2.45, 2.75) is 31.8 Å². The van der Waals surface area contributed by atoms with Crippen molar-refractivity contribution in [3.8, 4) is 10.6 Å². The van der Waals surface area contributed by atoms with Crippen molar-refractivity contribution in [2.24, 2.45) is 0 Å². The van der Waals surface area contributed by atoms with Crippen LogP contribution in [-0.2, 0) is 11.3 Å². The van der Waals surface area contributed by atoms with Crippen molar-refractivity contribution in [3.63, 3.8) is 0 Å². The van der Waals surface area contributed by atoms with Crippen LogP contribution in [0.2, 0.25) is 0 Å². The molecule has 0 bridgehead atoms. The van der Waals surface area contributed by atoms with Crippen molar-refractivity contribution in [3.05, 3.63) is 41.4 Å². The first kappa shape index (κ1) is 23.1. The van der Waals surface area contributed by atoms with E-state index in [0.29, 0.717) is 5.91 Å². The van der Waals surface area contributed by atoms with E-state index in [4.69, 9.17) is 4.98 Å². The van der Waals surface area contributed by atoms with Crippen LogP contribution in [0.4, 0.5) is 0 Å². The number of carbonyl (C=O) groups is 1. The van der Waals surface area contributed by atoms with Gasteiger partial charge in [0.25, 0.3) is 0 Å². The molecule has 154 valence electrons. The summed E-state index contributed by atoms with van der Waals surface area (Å²) in [6.45, 7) is 5.35. The summed E-state index contributed by atoms with van der Waals surface area (Å²) in [5.41, 5.74) is 2.31. The second-order valence-electron chi connectivity index (χ2n) is 7.11. The zero-order valence-corrected chi connectivity index (χ0v) is 18.3. The van der Waals surface area contributed by atoms with Crippen molar-refractivity contribution in [1.29, 1.82) is 0 Å². The normalized spacial score (nSPS) is 20.1. The number of piperazine rings is 1. The molecule has 2 aliphatic heterocycles. The Hall–Kier alpha value is -1.18. The lowest BCUT2D eigenvalue weighted by Crippen LogP contribution is -2.54. The molecule has 0 saturated carbocycles. The minimum Gasteiger partial charge on any atom is -0.339 e. The minimum atomic E-state index is 0. The Balaban J connectivity index is 0.00000140. The molecule has 8 heteroatoms. The monoisotopic (exact) mass is 442 g/mol. The molecule has 0 unspecified atom stereocenters. The molecule has 1 N–H and O–H groups in total. The summed E-state index contributed by atoms with van der Waals surface area (Å²) < 4.78 is 0. The van der Waals surface area contributed by atoms with Gasteiger partial charge in [-0.05, 0) is 19.4 Å². The van der Waals surface area contributed by atoms with Crippen molar-refractivity contribution in [2.75, 3.05) is 32.7 Å². The van der Waals surface area contributed by atoms with E-state index in [9.17, 15) is 4.79 Å². The minimum absolute atomic E-state index is 0. The van der Waals surface area contributed by atoms with Crippen LogP contribution >= 0.6 is 36.2 Å². The zero-order valence-electron chi connectivity index (χ0n) is 15.9. The van der Waals surface area contributed by atoms with E-state index >= 15 is 0 Å². The summed E-state index contributed by atoms with van der Waals surface area (Å²) in [7, 11) is 0. The highest BCUT2D eigenvalue weighted by Gasteiger charge is 2.28. The van der Waals surface area contributed by atoms with E-state index in [1.165, 1.54) is 12.0 Å². The molecule has 2 aliphatic rings. The van der Waals surface area contributed by atoms with Gasteiger partial charge in [-0.2, -0.15) is 0 Å². The largest absolute Gasteiger partial charge is 0.339 e. The lowest BCUT2D eigenvalue weighted by Gasteiger charge is -2.37. The maximum Gasteiger partial charge on any atom is 0.239 e. The van der Waals surface area contributed by atoms with Crippen LogP contribution in [0.3, 0.4) is 0 Å². The SMILES string of the molecule is Cl.Cl.O=C([C@H]1CCCCN1)N1CCN(Cc2csc(-c3ccccc3)n2)CC1. The summed E-state index contributed by atoms with van der Waals surface area (Å²) >= 11 is 1.70. The molecular formula is C20H28Cl2N4OS. The predicted molar refractivity (Wildman–Crippen MR) is 120 cm³/mol. The van der Waals surface area contributed by atoms with E-state index in [1.54, 1.807) is 11.3 Å². The Morgan fingerprint density at radius 3 is 2.54 bits per heavy atom. The lowest BCUT2D eigenvalue weighted by atomic mass is 10.0. The van der Waals surface area contributed by atoms with Crippen molar-refractivity contribution < 1.29 is 4.79 Å². The first-order valence-corrected chi connectivity index (χ1v) is 10.4. The number of halogens is 2. The third kappa shape index (κ3) is 5.67. The summed E-state index contributed by atoms with van der Waals surface area (Å²) in [4.78, 5) is 21.8. The van der Waals surface area contributed by atoms with E-state index in [1.807, 2.05) is 23.1 Å². The van der Waals surface area contributed by atoms with Gasteiger partial charge >= 0.3 is 0 Å².